The van der Waals surface area contributed by atoms with Crippen LogP contribution in [0.2, 0.25) is 0 Å². The summed E-state index contributed by atoms with van der Waals surface area (Å²) in [4.78, 5) is 37.4. The van der Waals surface area contributed by atoms with Crippen molar-refractivity contribution in [1.29, 1.82) is 0 Å². The third-order valence-corrected chi connectivity index (χ3v) is 3.88. The Morgan fingerprint density at radius 3 is 2.08 bits per heavy atom. The van der Waals surface area contributed by atoms with Crippen molar-refractivity contribution in [3.63, 3.8) is 0 Å². The fraction of sp³-hybridized carbons (Fsp3) is 0.389. The topological polar surface area (TPSA) is 88.1 Å². The van der Waals surface area contributed by atoms with Gasteiger partial charge >= 0.3 is 23.5 Å². The second kappa shape index (κ2) is 7.38. The highest BCUT2D eigenvalue weighted by Gasteiger charge is 2.65. The highest BCUT2D eigenvalue weighted by atomic mass is 16.6. The summed E-state index contributed by atoms with van der Waals surface area (Å²) < 4.78 is 20.3. The fourth-order valence-electron chi connectivity index (χ4n) is 2.75. The van der Waals surface area contributed by atoms with Crippen LogP contribution in [0.5, 0.6) is 5.75 Å². The Labute approximate surface area is 145 Å². The minimum atomic E-state index is -2.24. The van der Waals surface area contributed by atoms with E-state index in [1.165, 1.54) is 7.11 Å². The van der Waals surface area contributed by atoms with E-state index in [-0.39, 0.29) is 18.8 Å². The van der Waals surface area contributed by atoms with Gasteiger partial charge in [0.2, 0.25) is 0 Å². The molecule has 0 aromatic heterocycles. The average Bonchev–Trinajstić information content (AvgIpc) is 2.88. The summed E-state index contributed by atoms with van der Waals surface area (Å²) in [6.45, 7) is 6.90. The van der Waals surface area contributed by atoms with Gasteiger partial charge in [-0.1, -0.05) is 18.7 Å². The molecule has 7 heteroatoms. The summed E-state index contributed by atoms with van der Waals surface area (Å²) in [7, 11) is 1.51. The summed E-state index contributed by atoms with van der Waals surface area (Å²) in [5, 5.41) is 0. The quantitative estimate of drug-likeness (QED) is 0.335. The first-order valence-electron chi connectivity index (χ1n) is 7.82. The SMILES string of the molecule is C=C1C(=O)OC(C(=O)OCC)(C(=O)OCC)[C@H]1c1ccc(OC)cc1. The number of carbonyl (C=O) groups is 3. The van der Waals surface area contributed by atoms with Crippen molar-refractivity contribution < 1.29 is 33.3 Å². The first kappa shape index (κ1) is 18.5. The van der Waals surface area contributed by atoms with Crippen LogP contribution in [0.25, 0.3) is 0 Å². The van der Waals surface area contributed by atoms with Crippen LogP contribution in [0.15, 0.2) is 36.4 Å². The smallest absolute Gasteiger partial charge is 0.363 e. The maximum absolute atomic E-state index is 12.6. The molecule has 0 saturated carbocycles. The highest BCUT2D eigenvalue weighted by molar-refractivity contribution is 6.13. The van der Waals surface area contributed by atoms with E-state index < -0.39 is 29.4 Å². The van der Waals surface area contributed by atoms with Crippen molar-refractivity contribution >= 4 is 17.9 Å². The van der Waals surface area contributed by atoms with E-state index in [0.29, 0.717) is 11.3 Å². The number of benzene rings is 1. The maximum Gasteiger partial charge on any atom is 0.363 e. The van der Waals surface area contributed by atoms with Crippen molar-refractivity contribution in [3.05, 3.63) is 42.0 Å². The molecule has 1 aromatic rings. The molecule has 0 aliphatic carbocycles. The number of cyclic esters (lactones) is 1. The Balaban J connectivity index is 2.60. The predicted molar refractivity (Wildman–Crippen MR) is 87.0 cm³/mol. The van der Waals surface area contributed by atoms with E-state index in [4.69, 9.17) is 18.9 Å². The average molecular weight is 348 g/mol. The van der Waals surface area contributed by atoms with Crippen LogP contribution in [-0.2, 0) is 28.6 Å². The predicted octanol–water partition coefficient (Wildman–Crippen LogP) is 1.76. The van der Waals surface area contributed by atoms with Gasteiger partial charge in [0.15, 0.2) is 0 Å². The summed E-state index contributed by atoms with van der Waals surface area (Å²) in [6, 6.07) is 6.55. The zero-order valence-electron chi connectivity index (χ0n) is 14.4. The molecule has 1 atom stereocenters. The standard InChI is InChI=1S/C18H20O7/c1-5-23-16(20)18(17(21)24-6-2)14(11(3)15(19)25-18)12-7-9-13(22-4)10-8-12/h7-10,14H,3,5-6H2,1-2,4H3/t14-/m1/s1. The number of carbonyl (C=O) groups excluding carboxylic acids is 3. The summed E-state index contributed by atoms with van der Waals surface area (Å²) in [6.07, 6.45) is 0. The second-order valence-electron chi connectivity index (χ2n) is 5.30. The van der Waals surface area contributed by atoms with Crippen LogP contribution in [-0.4, -0.2) is 43.8 Å². The van der Waals surface area contributed by atoms with Gasteiger partial charge in [-0.15, -0.1) is 0 Å². The molecule has 0 bridgehead atoms. The molecule has 2 rings (SSSR count). The molecular weight excluding hydrogens is 328 g/mol. The Morgan fingerprint density at radius 1 is 1.12 bits per heavy atom. The van der Waals surface area contributed by atoms with E-state index in [2.05, 4.69) is 6.58 Å². The normalized spacial score (nSPS) is 18.4. The van der Waals surface area contributed by atoms with Crippen molar-refractivity contribution in [3.8, 4) is 5.75 Å². The number of hydrogen-bond acceptors (Lipinski definition) is 7. The molecule has 0 spiro atoms. The van der Waals surface area contributed by atoms with Crippen molar-refractivity contribution in [2.24, 2.45) is 0 Å². The largest absolute Gasteiger partial charge is 0.497 e. The van der Waals surface area contributed by atoms with Crippen LogP contribution in [0.1, 0.15) is 25.3 Å². The van der Waals surface area contributed by atoms with Gasteiger partial charge in [0.25, 0.3) is 0 Å². The molecule has 0 amide bonds. The van der Waals surface area contributed by atoms with Crippen LogP contribution in [0, 0.1) is 0 Å². The number of methoxy groups -OCH3 is 1. The van der Waals surface area contributed by atoms with Gasteiger partial charge in [0.05, 0.1) is 26.2 Å². The highest BCUT2D eigenvalue weighted by Crippen LogP contribution is 2.45. The van der Waals surface area contributed by atoms with E-state index in [0.717, 1.165) is 0 Å². The molecule has 7 nitrogen and oxygen atoms in total. The molecule has 134 valence electrons. The Bertz CT molecular complexity index is 672. The minimum absolute atomic E-state index is 0.0132. The molecule has 0 N–H and O–H groups in total. The third kappa shape index (κ3) is 3.09. The monoisotopic (exact) mass is 348 g/mol. The van der Waals surface area contributed by atoms with Crippen molar-refractivity contribution in [2.45, 2.75) is 25.4 Å². The molecule has 25 heavy (non-hydrogen) atoms. The Hall–Kier alpha value is -2.83. The Morgan fingerprint density at radius 2 is 1.64 bits per heavy atom. The van der Waals surface area contributed by atoms with Gasteiger partial charge in [0, 0.05) is 5.57 Å². The molecule has 1 heterocycles. The van der Waals surface area contributed by atoms with E-state index in [9.17, 15) is 14.4 Å². The summed E-state index contributed by atoms with van der Waals surface area (Å²) in [5.74, 6) is -3.29. The zero-order chi connectivity index (χ0) is 18.6. The molecule has 1 aliphatic rings. The lowest BCUT2D eigenvalue weighted by atomic mass is 9.79. The molecule has 1 aromatic carbocycles. The number of hydrogen-bond donors (Lipinski definition) is 0. The molecule has 0 unspecified atom stereocenters. The molecule has 1 fully saturated rings. The minimum Gasteiger partial charge on any atom is -0.497 e. The molecule has 1 aliphatic heterocycles. The number of rotatable bonds is 6. The molecule has 1 saturated heterocycles. The van der Waals surface area contributed by atoms with Gasteiger partial charge < -0.3 is 18.9 Å². The van der Waals surface area contributed by atoms with E-state index in [1.807, 2.05) is 0 Å². The fourth-order valence-corrected chi connectivity index (χ4v) is 2.75. The lowest BCUT2D eigenvalue weighted by Gasteiger charge is -2.28. The van der Waals surface area contributed by atoms with E-state index >= 15 is 0 Å². The first-order valence-corrected chi connectivity index (χ1v) is 7.82. The first-order chi connectivity index (χ1) is 11.9. The zero-order valence-corrected chi connectivity index (χ0v) is 14.4. The van der Waals surface area contributed by atoms with Gasteiger partial charge in [0.1, 0.15) is 5.75 Å². The van der Waals surface area contributed by atoms with Crippen LogP contribution in [0.3, 0.4) is 0 Å². The number of ether oxygens (including phenoxy) is 4. The molecular formula is C18H20O7. The third-order valence-electron chi connectivity index (χ3n) is 3.88. The Kier molecular flexibility index (Phi) is 5.46. The van der Waals surface area contributed by atoms with Gasteiger partial charge in [-0.05, 0) is 31.5 Å². The summed E-state index contributed by atoms with van der Waals surface area (Å²) in [5.41, 5.74) is -1.78. The van der Waals surface area contributed by atoms with Gasteiger partial charge in [-0.25, -0.2) is 14.4 Å². The number of esters is 3. The van der Waals surface area contributed by atoms with Crippen LogP contribution in [0.4, 0.5) is 0 Å². The van der Waals surface area contributed by atoms with Crippen molar-refractivity contribution in [2.75, 3.05) is 20.3 Å². The van der Waals surface area contributed by atoms with Gasteiger partial charge in [-0.3, -0.25) is 0 Å². The maximum atomic E-state index is 12.6. The molecule has 0 radical (unpaired) electrons. The van der Waals surface area contributed by atoms with Crippen molar-refractivity contribution in [1.82, 2.24) is 0 Å². The van der Waals surface area contributed by atoms with E-state index in [1.54, 1.807) is 38.1 Å². The lowest BCUT2D eigenvalue weighted by molar-refractivity contribution is -0.190. The lowest BCUT2D eigenvalue weighted by Crippen LogP contribution is -2.52. The summed E-state index contributed by atoms with van der Waals surface area (Å²) >= 11 is 0. The van der Waals surface area contributed by atoms with Gasteiger partial charge in [-0.2, -0.15) is 0 Å². The van der Waals surface area contributed by atoms with Crippen LogP contribution < -0.4 is 4.74 Å². The van der Waals surface area contributed by atoms with Crippen LogP contribution >= 0.6 is 0 Å². The second-order valence-corrected chi connectivity index (χ2v) is 5.30.